The number of halogens is 2. The van der Waals surface area contributed by atoms with Crippen molar-refractivity contribution in [3.05, 3.63) is 29.8 Å². The lowest BCUT2D eigenvalue weighted by Gasteiger charge is -2.17. The smallest absolute Gasteiger partial charge is 0.387 e. The molecule has 0 unspecified atom stereocenters. The van der Waals surface area contributed by atoms with E-state index in [4.69, 9.17) is 5.73 Å². The van der Waals surface area contributed by atoms with Crippen molar-refractivity contribution in [2.24, 2.45) is 5.73 Å². The Balaban J connectivity index is 2.67. The van der Waals surface area contributed by atoms with E-state index >= 15 is 0 Å². The second-order valence-corrected chi connectivity index (χ2v) is 5.57. The lowest BCUT2D eigenvalue weighted by atomic mass is 10.1. The summed E-state index contributed by atoms with van der Waals surface area (Å²) in [6, 6.07) is 6.40. The molecule has 2 atom stereocenters. The van der Waals surface area contributed by atoms with Crippen LogP contribution in [0.25, 0.3) is 0 Å². The van der Waals surface area contributed by atoms with Crippen molar-refractivity contribution in [3.8, 4) is 5.75 Å². The van der Waals surface area contributed by atoms with E-state index < -0.39 is 6.61 Å². The molecule has 1 aromatic carbocycles. The van der Waals surface area contributed by atoms with Crippen LogP contribution in [-0.2, 0) is 4.79 Å². The Morgan fingerprint density at radius 1 is 1.37 bits per heavy atom. The Morgan fingerprint density at radius 2 is 1.95 bits per heavy atom. The normalized spacial score (nSPS) is 14.2. The fourth-order valence-corrected chi connectivity index (χ4v) is 2.74. The number of hydrogen-bond donors (Lipinski definition) is 1. The quantitative estimate of drug-likeness (QED) is 0.837. The Bertz CT molecular complexity index is 412. The summed E-state index contributed by atoms with van der Waals surface area (Å²) in [5, 5.41) is -0.190. The van der Waals surface area contributed by atoms with E-state index in [0.717, 1.165) is 5.56 Å². The molecule has 0 saturated heterocycles. The van der Waals surface area contributed by atoms with E-state index in [1.54, 1.807) is 12.1 Å². The maximum Gasteiger partial charge on any atom is 0.387 e. The zero-order chi connectivity index (χ0) is 14.4. The van der Waals surface area contributed by atoms with Crippen molar-refractivity contribution in [2.45, 2.75) is 37.4 Å². The second-order valence-electron chi connectivity index (χ2n) is 4.03. The van der Waals surface area contributed by atoms with Gasteiger partial charge in [0.15, 0.2) is 0 Å². The monoisotopic (exact) mass is 289 g/mol. The topological polar surface area (TPSA) is 52.3 Å². The molecule has 1 rings (SSSR count). The highest BCUT2D eigenvalue weighted by molar-refractivity contribution is 8.00. The van der Waals surface area contributed by atoms with Crippen LogP contribution in [0.15, 0.2) is 24.3 Å². The fourth-order valence-electron chi connectivity index (χ4n) is 1.61. The van der Waals surface area contributed by atoms with E-state index in [0.29, 0.717) is 6.42 Å². The van der Waals surface area contributed by atoms with Crippen LogP contribution in [0, 0.1) is 0 Å². The number of hydrogen-bond acceptors (Lipinski definition) is 3. The van der Waals surface area contributed by atoms with Crippen molar-refractivity contribution in [3.63, 3.8) is 0 Å². The number of rotatable bonds is 7. The van der Waals surface area contributed by atoms with E-state index in [1.165, 1.54) is 23.9 Å². The van der Waals surface area contributed by atoms with Gasteiger partial charge in [0.25, 0.3) is 0 Å². The maximum absolute atomic E-state index is 12.0. The van der Waals surface area contributed by atoms with Crippen LogP contribution < -0.4 is 10.5 Å². The molecule has 0 fully saturated rings. The van der Waals surface area contributed by atoms with Gasteiger partial charge in [-0.15, -0.1) is 11.8 Å². The molecular formula is C13H17F2NO2S. The lowest BCUT2D eigenvalue weighted by molar-refractivity contribution is -0.117. The molecule has 6 heteroatoms. The Kier molecular flexibility index (Phi) is 6.08. The minimum absolute atomic E-state index is 0.0537. The van der Waals surface area contributed by atoms with Gasteiger partial charge in [0.05, 0.1) is 5.25 Å². The van der Waals surface area contributed by atoms with Crippen molar-refractivity contribution in [1.82, 2.24) is 0 Å². The number of ether oxygens (including phenoxy) is 1. The molecule has 3 nitrogen and oxygen atoms in total. The summed E-state index contributed by atoms with van der Waals surface area (Å²) < 4.78 is 28.3. The summed E-state index contributed by atoms with van der Waals surface area (Å²) in [4.78, 5) is 11.2. The standard InChI is InChI=1S/C13H17F2NO2S/c1-3-11(12(16)17)19-8(2)9-4-6-10(7-5-9)18-13(14)15/h4-8,11,13H,3H2,1-2H3,(H2,16,17)/t8-,11-/m1/s1. The van der Waals surface area contributed by atoms with Crippen LogP contribution in [-0.4, -0.2) is 17.8 Å². The van der Waals surface area contributed by atoms with Crippen molar-refractivity contribution < 1.29 is 18.3 Å². The third-order valence-electron chi connectivity index (χ3n) is 2.63. The highest BCUT2D eigenvalue weighted by atomic mass is 32.2. The van der Waals surface area contributed by atoms with E-state index in [-0.39, 0.29) is 22.2 Å². The highest BCUT2D eigenvalue weighted by Gasteiger charge is 2.18. The summed E-state index contributed by atoms with van der Waals surface area (Å²) in [6.07, 6.45) is 0.664. The molecule has 1 aromatic rings. The van der Waals surface area contributed by atoms with Gasteiger partial charge < -0.3 is 10.5 Å². The molecule has 2 N–H and O–H groups in total. The molecule has 0 aliphatic heterocycles. The fraction of sp³-hybridized carbons (Fsp3) is 0.462. The van der Waals surface area contributed by atoms with Crippen molar-refractivity contribution >= 4 is 17.7 Å². The first kappa shape index (κ1) is 15.8. The van der Waals surface area contributed by atoms with Gasteiger partial charge in [0.1, 0.15) is 5.75 Å². The van der Waals surface area contributed by atoms with Crippen LogP contribution in [0.1, 0.15) is 31.1 Å². The summed E-state index contributed by atoms with van der Waals surface area (Å²) in [5.41, 5.74) is 6.23. The Hall–Kier alpha value is -1.30. The lowest BCUT2D eigenvalue weighted by Crippen LogP contribution is -2.25. The second kappa shape index (κ2) is 7.33. The molecule has 0 aliphatic carbocycles. The van der Waals surface area contributed by atoms with Crippen LogP contribution >= 0.6 is 11.8 Å². The van der Waals surface area contributed by atoms with Gasteiger partial charge in [0, 0.05) is 5.25 Å². The Morgan fingerprint density at radius 3 is 2.37 bits per heavy atom. The first-order valence-corrected chi connectivity index (χ1v) is 6.87. The molecular weight excluding hydrogens is 272 g/mol. The maximum atomic E-state index is 12.0. The summed E-state index contributed by atoms with van der Waals surface area (Å²) in [7, 11) is 0. The number of carbonyl (C=O) groups excluding carboxylic acids is 1. The number of benzene rings is 1. The van der Waals surface area contributed by atoms with Gasteiger partial charge in [-0.2, -0.15) is 8.78 Å². The highest BCUT2D eigenvalue weighted by Crippen LogP contribution is 2.33. The van der Waals surface area contributed by atoms with Crippen molar-refractivity contribution in [2.75, 3.05) is 0 Å². The minimum atomic E-state index is -2.82. The predicted molar refractivity (Wildman–Crippen MR) is 72.4 cm³/mol. The average molecular weight is 289 g/mol. The molecule has 0 bridgehead atoms. The van der Waals surface area contributed by atoms with Gasteiger partial charge >= 0.3 is 6.61 Å². The molecule has 19 heavy (non-hydrogen) atoms. The van der Waals surface area contributed by atoms with Crippen LogP contribution in [0.3, 0.4) is 0 Å². The molecule has 0 aromatic heterocycles. The van der Waals surface area contributed by atoms with E-state index in [2.05, 4.69) is 4.74 Å². The zero-order valence-electron chi connectivity index (χ0n) is 10.8. The van der Waals surface area contributed by atoms with Gasteiger partial charge in [-0.1, -0.05) is 19.1 Å². The number of alkyl halides is 2. The number of amides is 1. The number of thioether (sulfide) groups is 1. The number of nitrogens with two attached hydrogens (primary N) is 1. The number of primary amides is 1. The summed E-state index contributed by atoms with van der Waals surface area (Å²) >= 11 is 1.46. The first-order valence-electron chi connectivity index (χ1n) is 5.93. The molecule has 1 amide bonds. The Labute approximate surface area is 115 Å². The van der Waals surface area contributed by atoms with Gasteiger partial charge in [0.2, 0.25) is 5.91 Å². The van der Waals surface area contributed by atoms with Gasteiger partial charge in [-0.3, -0.25) is 4.79 Å². The predicted octanol–water partition coefficient (Wildman–Crippen LogP) is 3.35. The van der Waals surface area contributed by atoms with Crippen LogP contribution in [0.5, 0.6) is 5.75 Å². The zero-order valence-corrected chi connectivity index (χ0v) is 11.6. The minimum Gasteiger partial charge on any atom is -0.435 e. The third-order valence-corrected chi connectivity index (χ3v) is 4.21. The SMILES string of the molecule is CC[C@@H](S[C@H](C)c1ccc(OC(F)F)cc1)C(N)=O. The molecule has 0 aliphatic rings. The average Bonchev–Trinajstić information content (AvgIpc) is 2.35. The van der Waals surface area contributed by atoms with E-state index in [1.807, 2.05) is 13.8 Å². The first-order chi connectivity index (χ1) is 8.93. The molecule has 0 heterocycles. The molecule has 106 valence electrons. The van der Waals surface area contributed by atoms with Crippen molar-refractivity contribution in [1.29, 1.82) is 0 Å². The van der Waals surface area contributed by atoms with Gasteiger partial charge in [-0.25, -0.2) is 0 Å². The number of carbonyl (C=O) groups is 1. The largest absolute Gasteiger partial charge is 0.435 e. The third kappa shape index (κ3) is 5.06. The molecule has 0 radical (unpaired) electrons. The summed E-state index contributed by atoms with van der Waals surface area (Å²) in [6.45, 7) is 1.02. The molecule has 0 spiro atoms. The van der Waals surface area contributed by atoms with Crippen LogP contribution in [0.2, 0.25) is 0 Å². The van der Waals surface area contributed by atoms with Crippen LogP contribution in [0.4, 0.5) is 8.78 Å². The molecule has 0 saturated carbocycles. The van der Waals surface area contributed by atoms with E-state index in [9.17, 15) is 13.6 Å². The summed E-state index contributed by atoms with van der Waals surface area (Å²) in [5.74, 6) is -0.213. The van der Waals surface area contributed by atoms with Gasteiger partial charge in [-0.05, 0) is 31.0 Å².